The fraction of sp³-hybridized carbons (Fsp3) is 0.400. The number of rotatable bonds is 7. The fourth-order valence-electron chi connectivity index (χ4n) is 2.85. The van der Waals surface area contributed by atoms with E-state index in [2.05, 4.69) is 31.3 Å². The summed E-state index contributed by atoms with van der Waals surface area (Å²) in [4.78, 5) is 0. The van der Waals surface area contributed by atoms with Gasteiger partial charge in [-0.25, -0.2) is 0 Å². The van der Waals surface area contributed by atoms with Crippen LogP contribution < -0.4 is 5.32 Å². The van der Waals surface area contributed by atoms with E-state index >= 15 is 0 Å². The van der Waals surface area contributed by atoms with Gasteiger partial charge >= 0.3 is 0 Å². The van der Waals surface area contributed by atoms with Crippen LogP contribution in [0, 0.1) is 12.3 Å². The van der Waals surface area contributed by atoms with Gasteiger partial charge in [-0.15, -0.1) is 0 Å². The molecule has 0 radical (unpaired) electrons. The van der Waals surface area contributed by atoms with E-state index < -0.39 is 0 Å². The fourth-order valence-corrected chi connectivity index (χ4v) is 2.85. The van der Waals surface area contributed by atoms with Crippen LogP contribution in [0.25, 0.3) is 0 Å². The van der Waals surface area contributed by atoms with Crippen LogP contribution >= 0.6 is 0 Å². The van der Waals surface area contributed by atoms with Crippen molar-refractivity contribution in [3.8, 4) is 5.75 Å². The Morgan fingerprint density at radius 3 is 2.43 bits per heavy atom. The average Bonchev–Trinajstić information content (AvgIpc) is 2.55. The molecule has 2 rings (SSSR count). The number of aromatic hydroxyl groups is 1. The van der Waals surface area contributed by atoms with E-state index in [1.165, 1.54) is 5.56 Å². The lowest BCUT2D eigenvalue weighted by atomic mass is 9.75. The van der Waals surface area contributed by atoms with E-state index in [4.69, 9.17) is 0 Å². The SMILES string of the molecule is Cc1ccc(O)c(CNCC(c2ccccc2)C(C)(C)CO)c1. The van der Waals surface area contributed by atoms with E-state index in [-0.39, 0.29) is 17.9 Å². The van der Waals surface area contributed by atoms with Crippen LogP contribution in [0.4, 0.5) is 0 Å². The summed E-state index contributed by atoms with van der Waals surface area (Å²) in [6, 6.07) is 15.9. The summed E-state index contributed by atoms with van der Waals surface area (Å²) in [6.07, 6.45) is 0. The average molecular weight is 313 g/mol. The Balaban J connectivity index is 2.09. The predicted octanol–water partition coefficient (Wildman–Crippen LogP) is 3.59. The molecule has 0 heterocycles. The number of hydrogen-bond acceptors (Lipinski definition) is 3. The van der Waals surface area contributed by atoms with Crippen molar-refractivity contribution < 1.29 is 10.2 Å². The third-order valence-electron chi connectivity index (χ3n) is 4.45. The van der Waals surface area contributed by atoms with Crippen LogP contribution in [-0.2, 0) is 6.54 Å². The number of aliphatic hydroxyl groups excluding tert-OH is 1. The molecule has 0 fully saturated rings. The second-order valence-electron chi connectivity index (χ2n) is 6.87. The standard InChI is InChI=1S/C20H27NO2/c1-15-9-10-19(23)17(11-15)12-21-13-18(20(2,3)14-22)16-7-5-4-6-8-16/h4-11,18,21-23H,12-14H2,1-3H3. The molecule has 0 aliphatic carbocycles. The molecule has 3 nitrogen and oxygen atoms in total. The Labute approximate surface area is 139 Å². The maximum absolute atomic E-state index is 9.94. The number of aliphatic hydroxyl groups is 1. The lowest BCUT2D eigenvalue weighted by Gasteiger charge is -2.33. The Bertz CT molecular complexity index is 623. The second-order valence-corrected chi connectivity index (χ2v) is 6.87. The number of phenols is 1. The molecule has 3 heteroatoms. The molecule has 0 amide bonds. The minimum atomic E-state index is -0.219. The molecule has 0 aromatic heterocycles. The smallest absolute Gasteiger partial charge is 0.120 e. The zero-order valence-electron chi connectivity index (χ0n) is 14.2. The van der Waals surface area contributed by atoms with Crippen LogP contribution in [0.15, 0.2) is 48.5 Å². The molecule has 0 bridgehead atoms. The summed E-state index contributed by atoms with van der Waals surface area (Å²) < 4.78 is 0. The first kappa shape index (κ1) is 17.5. The highest BCUT2D eigenvalue weighted by atomic mass is 16.3. The summed E-state index contributed by atoms with van der Waals surface area (Å²) in [5.74, 6) is 0.515. The topological polar surface area (TPSA) is 52.5 Å². The van der Waals surface area contributed by atoms with Crippen LogP contribution in [0.3, 0.4) is 0 Å². The Kier molecular flexibility index (Phi) is 5.80. The van der Waals surface area contributed by atoms with Crippen molar-refractivity contribution in [1.29, 1.82) is 0 Å². The van der Waals surface area contributed by atoms with Gasteiger partial charge in [0.15, 0.2) is 0 Å². The first-order valence-electron chi connectivity index (χ1n) is 8.09. The van der Waals surface area contributed by atoms with E-state index in [0.29, 0.717) is 12.3 Å². The molecular formula is C20H27NO2. The Hall–Kier alpha value is -1.84. The van der Waals surface area contributed by atoms with Crippen molar-refractivity contribution in [3.63, 3.8) is 0 Å². The van der Waals surface area contributed by atoms with Gasteiger partial charge in [-0.1, -0.05) is 61.9 Å². The zero-order valence-corrected chi connectivity index (χ0v) is 14.2. The highest BCUT2D eigenvalue weighted by Crippen LogP contribution is 2.34. The van der Waals surface area contributed by atoms with Crippen LogP contribution in [0.1, 0.15) is 36.5 Å². The molecule has 0 aliphatic rings. The predicted molar refractivity (Wildman–Crippen MR) is 94.6 cm³/mol. The monoisotopic (exact) mass is 313 g/mol. The van der Waals surface area contributed by atoms with Gasteiger partial charge in [0.2, 0.25) is 0 Å². The second kappa shape index (κ2) is 7.62. The van der Waals surface area contributed by atoms with E-state index in [1.807, 2.05) is 37.3 Å². The minimum absolute atomic E-state index is 0.129. The van der Waals surface area contributed by atoms with Crippen LogP contribution in [-0.4, -0.2) is 23.4 Å². The normalized spacial score (nSPS) is 13.0. The largest absolute Gasteiger partial charge is 0.508 e. The molecule has 23 heavy (non-hydrogen) atoms. The Morgan fingerprint density at radius 1 is 1.09 bits per heavy atom. The van der Waals surface area contributed by atoms with Gasteiger partial charge in [0.1, 0.15) is 5.75 Å². The summed E-state index contributed by atoms with van der Waals surface area (Å²) in [5, 5.41) is 23.1. The van der Waals surface area contributed by atoms with E-state index in [9.17, 15) is 10.2 Å². The molecular weight excluding hydrogens is 286 g/mol. The Morgan fingerprint density at radius 2 is 1.78 bits per heavy atom. The number of benzene rings is 2. The summed E-state index contributed by atoms with van der Waals surface area (Å²) in [7, 11) is 0. The summed E-state index contributed by atoms with van der Waals surface area (Å²) in [5.41, 5.74) is 3.03. The number of aryl methyl sites for hydroxylation is 1. The van der Waals surface area contributed by atoms with Crippen molar-refractivity contribution in [3.05, 3.63) is 65.2 Å². The van der Waals surface area contributed by atoms with Gasteiger partial charge in [-0.2, -0.15) is 0 Å². The third kappa shape index (κ3) is 4.57. The molecule has 2 aromatic carbocycles. The maximum Gasteiger partial charge on any atom is 0.120 e. The molecule has 3 N–H and O–H groups in total. The molecule has 124 valence electrons. The van der Waals surface area contributed by atoms with Crippen molar-refractivity contribution in [2.75, 3.05) is 13.2 Å². The number of phenolic OH excluding ortho intramolecular Hbond substituents is 1. The van der Waals surface area contributed by atoms with Gasteiger partial charge in [-0.05, 0) is 24.0 Å². The molecule has 0 aliphatic heterocycles. The van der Waals surface area contributed by atoms with Crippen LogP contribution in [0.5, 0.6) is 5.75 Å². The van der Waals surface area contributed by atoms with Gasteiger partial charge in [0, 0.05) is 31.2 Å². The van der Waals surface area contributed by atoms with Crippen molar-refractivity contribution in [1.82, 2.24) is 5.32 Å². The molecule has 1 unspecified atom stereocenters. The highest BCUT2D eigenvalue weighted by Gasteiger charge is 2.29. The molecule has 0 spiro atoms. The quantitative estimate of drug-likeness (QED) is 0.732. The first-order chi connectivity index (χ1) is 10.9. The minimum Gasteiger partial charge on any atom is -0.508 e. The summed E-state index contributed by atoms with van der Waals surface area (Å²) in [6.45, 7) is 7.66. The first-order valence-corrected chi connectivity index (χ1v) is 8.09. The van der Waals surface area contributed by atoms with E-state index in [1.54, 1.807) is 6.07 Å². The lowest BCUT2D eigenvalue weighted by Crippen LogP contribution is -2.34. The summed E-state index contributed by atoms with van der Waals surface area (Å²) >= 11 is 0. The number of hydrogen-bond donors (Lipinski definition) is 3. The molecule has 2 aromatic rings. The molecule has 0 saturated heterocycles. The van der Waals surface area contributed by atoms with Gasteiger partial charge in [0.25, 0.3) is 0 Å². The zero-order chi connectivity index (χ0) is 16.9. The number of nitrogens with one attached hydrogen (secondary N) is 1. The van der Waals surface area contributed by atoms with Crippen molar-refractivity contribution >= 4 is 0 Å². The van der Waals surface area contributed by atoms with Crippen molar-refractivity contribution in [2.45, 2.75) is 33.2 Å². The van der Waals surface area contributed by atoms with Gasteiger partial charge in [0.05, 0.1) is 0 Å². The lowest BCUT2D eigenvalue weighted by molar-refractivity contribution is 0.129. The van der Waals surface area contributed by atoms with Crippen LogP contribution in [0.2, 0.25) is 0 Å². The highest BCUT2D eigenvalue weighted by molar-refractivity contribution is 5.35. The third-order valence-corrected chi connectivity index (χ3v) is 4.45. The van der Waals surface area contributed by atoms with Gasteiger partial charge < -0.3 is 15.5 Å². The molecule has 0 saturated carbocycles. The molecule has 1 atom stereocenters. The van der Waals surface area contributed by atoms with E-state index in [0.717, 1.165) is 17.7 Å². The van der Waals surface area contributed by atoms with Crippen molar-refractivity contribution in [2.24, 2.45) is 5.41 Å². The van der Waals surface area contributed by atoms with Gasteiger partial charge in [-0.3, -0.25) is 0 Å². The maximum atomic E-state index is 9.94.